The van der Waals surface area contributed by atoms with E-state index >= 15 is 0 Å². The Hall–Kier alpha value is -1.11. The van der Waals surface area contributed by atoms with Crippen molar-refractivity contribution in [3.63, 3.8) is 0 Å². The summed E-state index contributed by atoms with van der Waals surface area (Å²) in [5, 5.41) is 8.90. The van der Waals surface area contributed by atoms with Crippen molar-refractivity contribution in [2.24, 2.45) is 0 Å². The molecule has 0 aromatic heterocycles. The topological polar surface area (TPSA) is 59.0 Å². The van der Waals surface area contributed by atoms with Crippen LogP contribution in [0.2, 0.25) is 0 Å². The van der Waals surface area contributed by atoms with Crippen molar-refractivity contribution in [3.8, 4) is 5.75 Å². The van der Waals surface area contributed by atoms with E-state index < -0.39 is 12.1 Å². The molecule has 0 amide bonds. The lowest BCUT2D eigenvalue weighted by molar-refractivity contribution is -0.156. The number of rotatable bonds is 5. The van der Waals surface area contributed by atoms with Crippen LogP contribution in [0.3, 0.4) is 0 Å². The molecule has 0 saturated carbocycles. The molecular weight excluding hydrogens is 314 g/mol. The molecule has 1 aliphatic heterocycles. The van der Waals surface area contributed by atoms with E-state index in [-0.39, 0.29) is 0 Å². The largest absolute Gasteiger partial charge is 0.492 e. The fraction of sp³-hybridized carbons (Fsp3) is 0.462. The average Bonchev–Trinajstić information content (AvgIpc) is 2.39. The van der Waals surface area contributed by atoms with Gasteiger partial charge in [-0.2, -0.15) is 0 Å². The van der Waals surface area contributed by atoms with Crippen LogP contribution in [0.5, 0.6) is 5.75 Å². The van der Waals surface area contributed by atoms with E-state index in [0.29, 0.717) is 26.3 Å². The summed E-state index contributed by atoms with van der Waals surface area (Å²) in [6, 6.07) is 7.64. The number of ether oxygens (including phenoxy) is 2. The number of aliphatic carboxylic acids is 1. The highest BCUT2D eigenvalue weighted by atomic mass is 79.9. The van der Waals surface area contributed by atoms with Crippen molar-refractivity contribution in [2.75, 3.05) is 32.8 Å². The van der Waals surface area contributed by atoms with Gasteiger partial charge in [0, 0.05) is 24.1 Å². The van der Waals surface area contributed by atoms with E-state index in [9.17, 15) is 4.79 Å². The van der Waals surface area contributed by atoms with E-state index in [1.54, 1.807) is 0 Å². The van der Waals surface area contributed by atoms with Gasteiger partial charge in [0.05, 0.1) is 6.61 Å². The first-order valence-corrected chi connectivity index (χ1v) is 6.89. The standard InChI is InChI=1S/C13H16BrNO4/c14-10-2-1-3-11(8-10)18-6-4-15-5-7-19-12(9-15)13(16)17/h1-3,8,12H,4-7,9H2,(H,16,17). The van der Waals surface area contributed by atoms with Gasteiger partial charge < -0.3 is 14.6 Å². The SMILES string of the molecule is O=C(O)C1CN(CCOc2cccc(Br)c2)CCO1. The van der Waals surface area contributed by atoms with E-state index in [0.717, 1.165) is 16.8 Å². The minimum absolute atomic E-state index is 0.414. The molecule has 1 saturated heterocycles. The molecule has 0 bridgehead atoms. The molecule has 1 aliphatic rings. The van der Waals surface area contributed by atoms with Crippen LogP contribution in [0.4, 0.5) is 0 Å². The maximum atomic E-state index is 10.8. The summed E-state index contributed by atoms with van der Waals surface area (Å²) >= 11 is 3.38. The first-order chi connectivity index (χ1) is 9.15. The number of nitrogens with zero attached hydrogens (tertiary/aromatic N) is 1. The second-order valence-corrected chi connectivity index (χ2v) is 5.22. The van der Waals surface area contributed by atoms with Gasteiger partial charge in [-0.25, -0.2) is 4.79 Å². The summed E-state index contributed by atoms with van der Waals surface area (Å²) in [5.74, 6) is -0.102. The van der Waals surface area contributed by atoms with Crippen LogP contribution >= 0.6 is 15.9 Å². The first-order valence-electron chi connectivity index (χ1n) is 6.10. The molecule has 0 aliphatic carbocycles. The maximum Gasteiger partial charge on any atom is 0.334 e. The van der Waals surface area contributed by atoms with Crippen molar-refractivity contribution in [1.82, 2.24) is 4.90 Å². The van der Waals surface area contributed by atoms with Crippen LogP contribution in [-0.2, 0) is 9.53 Å². The highest BCUT2D eigenvalue weighted by Crippen LogP contribution is 2.17. The smallest absolute Gasteiger partial charge is 0.334 e. The van der Waals surface area contributed by atoms with Crippen molar-refractivity contribution < 1.29 is 19.4 Å². The highest BCUT2D eigenvalue weighted by molar-refractivity contribution is 9.10. The molecule has 0 radical (unpaired) electrons. The van der Waals surface area contributed by atoms with Gasteiger partial charge >= 0.3 is 5.97 Å². The Labute approximate surface area is 120 Å². The Bertz CT molecular complexity index is 440. The number of carboxylic acids is 1. The molecule has 1 N–H and O–H groups in total. The molecule has 104 valence electrons. The van der Waals surface area contributed by atoms with Gasteiger partial charge in [-0.1, -0.05) is 22.0 Å². The predicted molar refractivity (Wildman–Crippen MR) is 73.5 cm³/mol. The van der Waals surface area contributed by atoms with Gasteiger partial charge in [-0.3, -0.25) is 4.90 Å². The van der Waals surface area contributed by atoms with Crippen LogP contribution in [0.1, 0.15) is 0 Å². The van der Waals surface area contributed by atoms with Crippen molar-refractivity contribution in [3.05, 3.63) is 28.7 Å². The number of carbonyl (C=O) groups is 1. The average molecular weight is 330 g/mol. The van der Waals surface area contributed by atoms with E-state index in [1.807, 2.05) is 29.2 Å². The van der Waals surface area contributed by atoms with Crippen molar-refractivity contribution in [2.45, 2.75) is 6.10 Å². The summed E-state index contributed by atoms with van der Waals surface area (Å²) in [6.07, 6.45) is -0.723. The van der Waals surface area contributed by atoms with Gasteiger partial charge in [0.25, 0.3) is 0 Å². The third kappa shape index (κ3) is 4.49. The summed E-state index contributed by atoms with van der Waals surface area (Å²) in [7, 11) is 0. The fourth-order valence-corrected chi connectivity index (χ4v) is 2.28. The van der Waals surface area contributed by atoms with Gasteiger partial charge in [-0.15, -0.1) is 0 Å². The monoisotopic (exact) mass is 329 g/mol. The maximum absolute atomic E-state index is 10.8. The predicted octanol–water partition coefficient (Wildman–Crippen LogP) is 1.61. The molecule has 1 heterocycles. The molecule has 1 atom stereocenters. The van der Waals surface area contributed by atoms with Gasteiger partial charge in [0.15, 0.2) is 6.10 Å². The molecule has 19 heavy (non-hydrogen) atoms. The van der Waals surface area contributed by atoms with E-state index in [2.05, 4.69) is 15.9 Å². The van der Waals surface area contributed by atoms with Crippen LogP contribution in [-0.4, -0.2) is 54.9 Å². The summed E-state index contributed by atoms with van der Waals surface area (Å²) in [4.78, 5) is 12.9. The van der Waals surface area contributed by atoms with E-state index in [1.165, 1.54) is 0 Å². The zero-order valence-electron chi connectivity index (χ0n) is 10.4. The zero-order valence-corrected chi connectivity index (χ0v) is 12.0. The second kappa shape index (κ2) is 6.88. The van der Waals surface area contributed by atoms with Crippen LogP contribution in [0.25, 0.3) is 0 Å². The lowest BCUT2D eigenvalue weighted by Gasteiger charge is -2.30. The Kier molecular flexibility index (Phi) is 5.18. The third-order valence-electron chi connectivity index (χ3n) is 2.90. The minimum atomic E-state index is -0.905. The van der Waals surface area contributed by atoms with Gasteiger partial charge in [0.1, 0.15) is 12.4 Å². The third-order valence-corrected chi connectivity index (χ3v) is 3.39. The van der Waals surface area contributed by atoms with E-state index in [4.69, 9.17) is 14.6 Å². The van der Waals surface area contributed by atoms with Crippen LogP contribution < -0.4 is 4.74 Å². The lowest BCUT2D eigenvalue weighted by Crippen LogP contribution is -2.47. The molecular formula is C13H16BrNO4. The lowest BCUT2D eigenvalue weighted by atomic mass is 10.3. The Morgan fingerprint density at radius 1 is 1.58 bits per heavy atom. The normalized spacial score (nSPS) is 20.2. The molecule has 6 heteroatoms. The molecule has 1 aromatic rings. The molecule has 2 rings (SSSR count). The van der Waals surface area contributed by atoms with Crippen molar-refractivity contribution in [1.29, 1.82) is 0 Å². The van der Waals surface area contributed by atoms with Gasteiger partial charge in [0.2, 0.25) is 0 Å². The van der Waals surface area contributed by atoms with Crippen molar-refractivity contribution >= 4 is 21.9 Å². The molecule has 1 unspecified atom stereocenters. The zero-order chi connectivity index (χ0) is 13.7. The van der Waals surface area contributed by atoms with Gasteiger partial charge in [-0.05, 0) is 18.2 Å². The highest BCUT2D eigenvalue weighted by Gasteiger charge is 2.25. The quantitative estimate of drug-likeness (QED) is 0.889. The first kappa shape index (κ1) is 14.3. The molecule has 1 fully saturated rings. The molecule has 0 spiro atoms. The van der Waals surface area contributed by atoms with Crippen LogP contribution in [0.15, 0.2) is 28.7 Å². The number of hydrogen-bond acceptors (Lipinski definition) is 4. The minimum Gasteiger partial charge on any atom is -0.492 e. The fourth-order valence-electron chi connectivity index (χ4n) is 1.90. The molecule has 5 nitrogen and oxygen atoms in total. The number of benzene rings is 1. The Morgan fingerprint density at radius 3 is 3.16 bits per heavy atom. The summed E-state index contributed by atoms with van der Waals surface area (Å²) in [6.45, 7) is 2.83. The Balaban J connectivity index is 1.75. The number of hydrogen-bond donors (Lipinski definition) is 1. The number of halogens is 1. The number of carboxylic acid groups (broad SMARTS) is 1. The molecule has 1 aromatic carbocycles. The second-order valence-electron chi connectivity index (χ2n) is 4.30. The Morgan fingerprint density at radius 2 is 2.42 bits per heavy atom. The summed E-state index contributed by atoms with van der Waals surface area (Å²) in [5.41, 5.74) is 0. The van der Waals surface area contributed by atoms with Crippen LogP contribution in [0, 0.1) is 0 Å². The summed E-state index contributed by atoms with van der Waals surface area (Å²) < 4.78 is 11.8. The number of morpholine rings is 1.